The highest BCUT2D eigenvalue weighted by Crippen LogP contribution is 2.13. The fraction of sp³-hybridized carbons (Fsp3) is 0.538. The molecule has 1 heterocycles. The van der Waals surface area contributed by atoms with Crippen molar-refractivity contribution in [3.63, 3.8) is 0 Å². The average molecular weight is 318 g/mol. The highest BCUT2D eigenvalue weighted by atomic mass is 35.5. The first-order valence-corrected chi connectivity index (χ1v) is 8.85. The van der Waals surface area contributed by atoms with Gasteiger partial charge in [0, 0.05) is 50.0 Å². The third-order valence-electron chi connectivity index (χ3n) is 3.40. The van der Waals surface area contributed by atoms with Gasteiger partial charge in [0.2, 0.25) is 10.0 Å². The van der Waals surface area contributed by atoms with E-state index in [1.54, 1.807) is 0 Å². The molecule has 1 aliphatic rings. The maximum Gasteiger partial charge on any atom is 0.211 e. The van der Waals surface area contributed by atoms with E-state index >= 15 is 0 Å². The molecule has 1 aromatic carbocycles. The normalized spacial score (nSPS) is 18.1. The fourth-order valence-corrected chi connectivity index (χ4v) is 3.16. The van der Waals surface area contributed by atoms with Crippen molar-refractivity contribution in [1.29, 1.82) is 0 Å². The second kappa shape index (κ2) is 6.76. The molecule has 0 unspecified atom stereocenters. The minimum atomic E-state index is -3.04. The zero-order valence-corrected chi connectivity index (χ0v) is 13.1. The molecule has 1 N–H and O–H groups in total. The van der Waals surface area contributed by atoms with Crippen LogP contribution in [-0.2, 0) is 10.0 Å². The number of nitrogens with one attached hydrogen (secondary N) is 1. The number of nitrogens with zero attached hydrogens (tertiary/aromatic N) is 2. The van der Waals surface area contributed by atoms with Gasteiger partial charge >= 0.3 is 0 Å². The van der Waals surface area contributed by atoms with E-state index in [0.717, 1.165) is 36.9 Å². The van der Waals surface area contributed by atoms with E-state index in [1.807, 2.05) is 24.3 Å². The summed E-state index contributed by atoms with van der Waals surface area (Å²) < 4.78 is 24.3. The molecule has 1 aliphatic heterocycles. The Morgan fingerprint density at radius 1 is 1.15 bits per heavy atom. The molecule has 1 fully saturated rings. The minimum absolute atomic E-state index is 0.583. The Labute approximate surface area is 125 Å². The van der Waals surface area contributed by atoms with Gasteiger partial charge in [-0.15, -0.1) is 0 Å². The lowest BCUT2D eigenvalue weighted by Crippen LogP contribution is -2.49. The molecular formula is C13H20ClN3O2S. The monoisotopic (exact) mass is 317 g/mol. The van der Waals surface area contributed by atoms with E-state index in [9.17, 15) is 8.42 Å². The quantitative estimate of drug-likeness (QED) is 0.890. The molecular weight excluding hydrogens is 298 g/mol. The predicted octanol–water partition coefficient (Wildman–Crippen LogP) is 1.33. The molecule has 0 amide bonds. The van der Waals surface area contributed by atoms with Crippen LogP contribution in [0.1, 0.15) is 0 Å². The molecule has 2 rings (SSSR count). The van der Waals surface area contributed by atoms with Gasteiger partial charge in [-0.25, -0.2) is 8.42 Å². The summed E-state index contributed by atoms with van der Waals surface area (Å²) in [6.45, 7) is 4.48. The summed E-state index contributed by atoms with van der Waals surface area (Å²) in [5.74, 6) is 0. The first-order valence-electron chi connectivity index (χ1n) is 6.62. The van der Waals surface area contributed by atoms with Gasteiger partial charge < -0.3 is 5.32 Å². The van der Waals surface area contributed by atoms with Crippen LogP contribution in [0, 0.1) is 0 Å². The van der Waals surface area contributed by atoms with Crippen molar-refractivity contribution in [1.82, 2.24) is 9.21 Å². The molecule has 5 nitrogen and oxygen atoms in total. The van der Waals surface area contributed by atoms with E-state index in [0.29, 0.717) is 13.1 Å². The predicted molar refractivity (Wildman–Crippen MR) is 82.8 cm³/mol. The number of halogens is 1. The van der Waals surface area contributed by atoms with Crippen LogP contribution in [0.15, 0.2) is 24.3 Å². The average Bonchev–Trinajstić information content (AvgIpc) is 2.41. The van der Waals surface area contributed by atoms with Crippen molar-refractivity contribution in [2.75, 3.05) is 50.8 Å². The summed E-state index contributed by atoms with van der Waals surface area (Å²) in [6.07, 6.45) is 1.27. The van der Waals surface area contributed by atoms with Crippen molar-refractivity contribution >= 4 is 27.3 Å². The highest BCUT2D eigenvalue weighted by Gasteiger charge is 2.22. The Balaban J connectivity index is 1.70. The first kappa shape index (κ1) is 15.6. The van der Waals surface area contributed by atoms with Crippen molar-refractivity contribution < 1.29 is 8.42 Å². The molecule has 7 heteroatoms. The van der Waals surface area contributed by atoms with Gasteiger partial charge in [0.15, 0.2) is 0 Å². The van der Waals surface area contributed by atoms with Crippen LogP contribution < -0.4 is 5.32 Å². The Morgan fingerprint density at radius 3 is 2.30 bits per heavy atom. The van der Waals surface area contributed by atoms with Gasteiger partial charge in [0.1, 0.15) is 0 Å². The number of sulfonamides is 1. The van der Waals surface area contributed by atoms with Crippen LogP contribution in [-0.4, -0.2) is 63.1 Å². The SMILES string of the molecule is CS(=O)(=O)N1CCN(CCNc2ccc(Cl)cc2)CC1. The maximum atomic E-state index is 11.4. The van der Waals surface area contributed by atoms with E-state index in [2.05, 4.69) is 10.2 Å². The molecule has 0 spiro atoms. The number of hydrogen-bond donors (Lipinski definition) is 1. The summed E-state index contributed by atoms with van der Waals surface area (Å²) in [4.78, 5) is 2.27. The number of hydrogen-bond acceptors (Lipinski definition) is 4. The molecule has 0 saturated carbocycles. The van der Waals surface area contributed by atoms with Gasteiger partial charge in [0.25, 0.3) is 0 Å². The molecule has 0 aromatic heterocycles. The lowest BCUT2D eigenvalue weighted by atomic mass is 10.3. The summed E-state index contributed by atoms with van der Waals surface area (Å²) in [7, 11) is -3.04. The maximum absolute atomic E-state index is 11.4. The molecule has 0 atom stereocenters. The minimum Gasteiger partial charge on any atom is -0.384 e. The van der Waals surface area contributed by atoms with Crippen molar-refractivity contribution in [2.24, 2.45) is 0 Å². The molecule has 20 heavy (non-hydrogen) atoms. The van der Waals surface area contributed by atoms with Gasteiger partial charge in [-0.05, 0) is 24.3 Å². The Kier molecular flexibility index (Phi) is 5.26. The van der Waals surface area contributed by atoms with E-state index in [1.165, 1.54) is 10.6 Å². The largest absolute Gasteiger partial charge is 0.384 e. The van der Waals surface area contributed by atoms with Crippen LogP contribution in [0.4, 0.5) is 5.69 Å². The number of benzene rings is 1. The molecule has 0 aliphatic carbocycles. The zero-order valence-electron chi connectivity index (χ0n) is 11.5. The van der Waals surface area contributed by atoms with Crippen LogP contribution in [0.2, 0.25) is 5.02 Å². The van der Waals surface area contributed by atoms with Crippen LogP contribution in [0.5, 0.6) is 0 Å². The number of anilines is 1. The van der Waals surface area contributed by atoms with Gasteiger partial charge in [0.05, 0.1) is 6.26 Å². The highest BCUT2D eigenvalue weighted by molar-refractivity contribution is 7.88. The molecule has 1 saturated heterocycles. The van der Waals surface area contributed by atoms with Crippen LogP contribution in [0.25, 0.3) is 0 Å². The molecule has 0 radical (unpaired) electrons. The standard InChI is InChI=1S/C13H20ClN3O2S/c1-20(18,19)17-10-8-16(9-11-17)7-6-15-13-4-2-12(14)3-5-13/h2-5,15H,6-11H2,1H3. The molecule has 112 valence electrons. The first-order chi connectivity index (χ1) is 9.45. The molecule has 0 bridgehead atoms. The second-order valence-corrected chi connectivity index (χ2v) is 7.36. The lowest BCUT2D eigenvalue weighted by Gasteiger charge is -2.33. The third-order valence-corrected chi connectivity index (χ3v) is 4.96. The van der Waals surface area contributed by atoms with E-state index in [-0.39, 0.29) is 0 Å². The number of piperazine rings is 1. The Hall–Kier alpha value is -0.820. The Bertz CT molecular complexity index is 525. The summed E-state index contributed by atoms with van der Waals surface area (Å²) in [5.41, 5.74) is 1.05. The van der Waals surface area contributed by atoms with Crippen molar-refractivity contribution in [3.8, 4) is 0 Å². The number of rotatable bonds is 5. The Morgan fingerprint density at radius 2 is 1.75 bits per heavy atom. The van der Waals surface area contributed by atoms with Gasteiger partial charge in [-0.1, -0.05) is 11.6 Å². The van der Waals surface area contributed by atoms with Crippen molar-refractivity contribution in [3.05, 3.63) is 29.3 Å². The van der Waals surface area contributed by atoms with E-state index in [4.69, 9.17) is 11.6 Å². The van der Waals surface area contributed by atoms with Crippen LogP contribution >= 0.6 is 11.6 Å². The zero-order chi connectivity index (χ0) is 14.6. The topological polar surface area (TPSA) is 52.7 Å². The lowest BCUT2D eigenvalue weighted by molar-refractivity contribution is 0.195. The van der Waals surface area contributed by atoms with Gasteiger partial charge in [-0.2, -0.15) is 4.31 Å². The second-order valence-electron chi connectivity index (χ2n) is 4.94. The summed E-state index contributed by atoms with van der Waals surface area (Å²) >= 11 is 5.83. The third kappa shape index (κ3) is 4.63. The summed E-state index contributed by atoms with van der Waals surface area (Å²) in [5, 5.41) is 4.06. The van der Waals surface area contributed by atoms with Crippen molar-refractivity contribution in [2.45, 2.75) is 0 Å². The van der Waals surface area contributed by atoms with E-state index < -0.39 is 10.0 Å². The van der Waals surface area contributed by atoms with Gasteiger partial charge in [-0.3, -0.25) is 4.90 Å². The fourth-order valence-electron chi connectivity index (χ4n) is 2.21. The smallest absolute Gasteiger partial charge is 0.211 e. The molecule has 1 aromatic rings. The summed E-state index contributed by atoms with van der Waals surface area (Å²) in [6, 6.07) is 7.61. The van der Waals surface area contributed by atoms with Crippen LogP contribution in [0.3, 0.4) is 0 Å².